The molecule has 0 unspecified atom stereocenters. The van der Waals surface area contributed by atoms with Crippen molar-refractivity contribution in [2.75, 3.05) is 5.73 Å². The highest BCUT2D eigenvalue weighted by Crippen LogP contribution is 2.31. The van der Waals surface area contributed by atoms with Crippen molar-refractivity contribution in [2.24, 2.45) is 5.92 Å². The summed E-state index contributed by atoms with van der Waals surface area (Å²) < 4.78 is 12.9. The molecule has 74 valence electrons. The Kier molecular flexibility index (Phi) is 2.23. The quantitative estimate of drug-likeness (QED) is 0.579. The van der Waals surface area contributed by atoms with Gasteiger partial charge in [0.1, 0.15) is 5.82 Å². The molecule has 0 aromatic heterocycles. The third-order valence-electron chi connectivity index (χ3n) is 2.76. The largest absolute Gasteiger partial charge is 0.398 e. The minimum absolute atomic E-state index is 0.00625. The highest BCUT2D eigenvalue weighted by atomic mass is 19.1. The molecule has 0 heterocycles. The number of anilines is 1. The van der Waals surface area contributed by atoms with Gasteiger partial charge in [0.2, 0.25) is 0 Å². The predicted molar refractivity (Wildman–Crippen MR) is 52.5 cm³/mol. The van der Waals surface area contributed by atoms with Crippen LogP contribution >= 0.6 is 0 Å². The van der Waals surface area contributed by atoms with Crippen LogP contribution in [-0.2, 0) is 0 Å². The summed E-state index contributed by atoms with van der Waals surface area (Å²) in [5.41, 5.74) is 6.34. The maximum absolute atomic E-state index is 12.9. The van der Waals surface area contributed by atoms with Crippen molar-refractivity contribution in [1.29, 1.82) is 0 Å². The van der Waals surface area contributed by atoms with Crippen molar-refractivity contribution in [3.8, 4) is 0 Å². The summed E-state index contributed by atoms with van der Waals surface area (Å²) in [7, 11) is 0. The molecule has 1 aromatic rings. The summed E-state index contributed by atoms with van der Waals surface area (Å²) in [6.07, 6.45) is 2.91. The first-order valence-electron chi connectivity index (χ1n) is 4.77. The van der Waals surface area contributed by atoms with Gasteiger partial charge in [-0.1, -0.05) is 6.42 Å². The first kappa shape index (κ1) is 9.19. The van der Waals surface area contributed by atoms with E-state index >= 15 is 0 Å². The van der Waals surface area contributed by atoms with Gasteiger partial charge < -0.3 is 5.73 Å². The summed E-state index contributed by atoms with van der Waals surface area (Å²) in [5.74, 6) is -0.339. The Balaban J connectivity index is 2.29. The lowest BCUT2D eigenvalue weighted by molar-refractivity contribution is 0.0855. The fourth-order valence-electron chi connectivity index (χ4n) is 1.63. The van der Waals surface area contributed by atoms with E-state index in [0.717, 1.165) is 19.3 Å². The number of benzene rings is 1. The molecule has 0 amide bonds. The summed E-state index contributed by atoms with van der Waals surface area (Å²) in [6, 6.07) is 3.95. The summed E-state index contributed by atoms with van der Waals surface area (Å²) in [5, 5.41) is 0. The molecule has 1 fully saturated rings. The van der Waals surface area contributed by atoms with Crippen LogP contribution in [0.2, 0.25) is 0 Å². The van der Waals surface area contributed by atoms with Crippen LogP contribution in [0.5, 0.6) is 0 Å². The monoisotopic (exact) mass is 193 g/mol. The van der Waals surface area contributed by atoms with Crippen LogP contribution in [0.25, 0.3) is 0 Å². The predicted octanol–water partition coefficient (Wildman–Crippen LogP) is 2.39. The first-order chi connectivity index (χ1) is 6.68. The van der Waals surface area contributed by atoms with Gasteiger partial charge in [-0.15, -0.1) is 0 Å². The number of carbonyl (C=O) groups is 1. The molecule has 2 N–H and O–H groups in total. The maximum atomic E-state index is 12.9. The highest BCUT2D eigenvalue weighted by molar-refractivity contribution is 6.02. The van der Waals surface area contributed by atoms with Crippen molar-refractivity contribution in [2.45, 2.75) is 19.3 Å². The standard InChI is InChI=1S/C11H12FNO/c12-8-4-5-10(13)9(6-8)11(14)7-2-1-3-7/h4-7H,1-3,13H2. The average molecular weight is 193 g/mol. The molecule has 1 saturated carbocycles. The lowest BCUT2D eigenvalue weighted by Gasteiger charge is -2.24. The van der Waals surface area contributed by atoms with E-state index in [2.05, 4.69) is 0 Å². The van der Waals surface area contributed by atoms with Crippen LogP contribution < -0.4 is 5.73 Å². The minimum Gasteiger partial charge on any atom is -0.398 e. The maximum Gasteiger partial charge on any atom is 0.168 e. The van der Waals surface area contributed by atoms with Gasteiger partial charge in [-0.25, -0.2) is 4.39 Å². The van der Waals surface area contributed by atoms with E-state index in [0.29, 0.717) is 11.3 Å². The van der Waals surface area contributed by atoms with Gasteiger partial charge in [-0.05, 0) is 31.0 Å². The number of carbonyl (C=O) groups excluding carboxylic acids is 1. The van der Waals surface area contributed by atoms with Crippen LogP contribution in [0.3, 0.4) is 0 Å². The van der Waals surface area contributed by atoms with Gasteiger partial charge in [0.25, 0.3) is 0 Å². The SMILES string of the molecule is Nc1ccc(F)cc1C(=O)C1CCC1. The second kappa shape index (κ2) is 3.40. The Hall–Kier alpha value is -1.38. The number of nitrogens with two attached hydrogens (primary N) is 1. The molecule has 1 aromatic carbocycles. The Bertz CT molecular complexity index is 372. The molecule has 14 heavy (non-hydrogen) atoms. The Morgan fingerprint density at radius 2 is 2.14 bits per heavy atom. The van der Waals surface area contributed by atoms with E-state index in [-0.39, 0.29) is 11.7 Å². The smallest absolute Gasteiger partial charge is 0.168 e. The molecule has 2 nitrogen and oxygen atoms in total. The third kappa shape index (κ3) is 1.50. The topological polar surface area (TPSA) is 43.1 Å². The molecule has 1 aliphatic rings. The second-order valence-electron chi connectivity index (χ2n) is 3.72. The van der Waals surface area contributed by atoms with Gasteiger partial charge in [-0.3, -0.25) is 4.79 Å². The molecule has 0 saturated heterocycles. The Morgan fingerprint density at radius 1 is 1.43 bits per heavy atom. The number of halogens is 1. The number of Topliss-reactive ketones (excluding diaryl/α,β-unsaturated/α-hetero) is 1. The lowest BCUT2D eigenvalue weighted by Crippen LogP contribution is -2.22. The molecule has 0 bridgehead atoms. The van der Waals surface area contributed by atoms with E-state index in [1.165, 1.54) is 18.2 Å². The van der Waals surface area contributed by atoms with Crippen LogP contribution in [0.15, 0.2) is 18.2 Å². The van der Waals surface area contributed by atoms with E-state index in [1.807, 2.05) is 0 Å². The second-order valence-corrected chi connectivity index (χ2v) is 3.72. The lowest BCUT2D eigenvalue weighted by atomic mass is 9.79. The van der Waals surface area contributed by atoms with E-state index in [4.69, 9.17) is 5.73 Å². The van der Waals surface area contributed by atoms with Crippen LogP contribution in [0, 0.1) is 11.7 Å². The van der Waals surface area contributed by atoms with Crippen molar-refractivity contribution >= 4 is 11.5 Å². The fraction of sp³-hybridized carbons (Fsp3) is 0.364. The van der Waals surface area contributed by atoms with Crippen molar-refractivity contribution in [1.82, 2.24) is 0 Å². The van der Waals surface area contributed by atoms with E-state index in [1.54, 1.807) is 0 Å². The molecular formula is C11H12FNO. The summed E-state index contributed by atoms with van der Waals surface area (Å²) in [4.78, 5) is 11.8. The van der Waals surface area contributed by atoms with Crippen molar-refractivity contribution < 1.29 is 9.18 Å². The molecular weight excluding hydrogens is 181 g/mol. The van der Waals surface area contributed by atoms with Gasteiger partial charge in [0.05, 0.1) is 0 Å². The van der Waals surface area contributed by atoms with Gasteiger partial charge >= 0.3 is 0 Å². The number of rotatable bonds is 2. The van der Waals surface area contributed by atoms with Crippen LogP contribution in [-0.4, -0.2) is 5.78 Å². The molecule has 0 aliphatic heterocycles. The zero-order valence-corrected chi connectivity index (χ0v) is 7.79. The molecule has 0 atom stereocenters. The van der Waals surface area contributed by atoms with Gasteiger partial charge in [-0.2, -0.15) is 0 Å². The molecule has 1 aliphatic carbocycles. The Labute approximate surface area is 81.9 Å². The summed E-state index contributed by atoms with van der Waals surface area (Å²) >= 11 is 0. The van der Waals surface area contributed by atoms with Crippen LogP contribution in [0.4, 0.5) is 10.1 Å². The number of nitrogen functional groups attached to an aromatic ring is 1. The number of hydrogen-bond acceptors (Lipinski definition) is 2. The third-order valence-corrected chi connectivity index (χ3v) is 2.76. The van der Waals surface area contributed by atoms with Gasteiger partial charge in [0.15, 0.2) is 5.78 Å². The highest BCUT2D eigenvalue weighted by Gasteiger charge is 2.27. The number of hydrogen-bond donors (Lipinski definition) is 1. The van der Waals surface area contributed by atoms with Gasteiger partial charge in [0, 0.05) is 17.2 Å². The van der Waals surface area contributed by atoms with Crippen molar-refractivity contribution in [3.63, 3.8) is 0 Å². The minimum atomic E-state index is -0.401. The molecule has 3 heteroatoms. The van der Waals surface area contributed by atoms with E-state index < -0.39 is 5.82 Å². The molecule has 0 radical (unpaired) electrons. The molecule has 0 spiro atoms. The average Bonchev–Trinajstić information content (AvgIpc) is 2.06. The molecule has 2 rings (SSSR count). The van der Waals surface area contributed by atoms with Crippen LogP contribution in [0.1, 0.15) is 29.6 Å². The van der Waals surface area contributed by atoms with Crippen molar-refractivity contribution in [3.05, 3.63) is 29.6 Å². The zero-order chi connectivity index (χ0) is 10.1. The van der Waals surface area contributed by atoms with E-state index in [9.17, 15) is 9.18 Å². The normalized spacial score (nSPS) is 16.4. The first-order valence-corrected chi connectivity index (χ1v) is 4.77. The zero-order valence-electron chi connectivity index (χ0n) is 7.79. The summed E-state index contributed by atoms with van der Waals surface area (Å²) in [6.45, 7) is 0. The fourth-order valence-corrected chi connectivity index (χ4v) is 1.63. The number of ketones is 1. The Morgan fingerprint density at radius 3 is 2.71 bits per heavy atom.